The Kier molecular flexibility index (Phi) is 6.79. The molecule has 0 aromatic heterocycles. The first-order valence-electron chi connectivity index (χ1n) is 10.2. The summed E-state index contributed by atoms with van der Waals surface area (Å²) in [6.07, 6.45) is 0. The minimum Gasteiger partial charge on any atom is -0.495 e. The van der Waals surface area contributed by atoms with Crippen LogP contribution >= 0.6 is 0 Å². The summed E-state index contributed by atoms with van der Waals surface area (Å²) in [6, 6.07) is 12.7. The van der Waals surface area contributed by atoms with Gasteiger partial charge in [-0.15, -0.1) is 0 Å². The highest BCUT2D eigenvalue weighted by Crippen LogP contribution is 2.28. The van der Waals surface area contributed by atoms with Gasteiger partial charge in [-0.25, -0.2) is 4.79 Å². The van der Waals surface area contributed by atoms with Gasteiger partial charge >= 0.3 is 6.03 Å². The average molecular weight is 425 g/mol. The van der Waals surface area contributed by atoms with Crippen molar-refractivity contribution in [3.63, 3.8) is 0 Å². The van der Waals surface area contributed by atoms with Crippen LogP contribution < -0.4 is 20.3 Å². The third-order valence-electron chi connectivity index (χ3n) is 5.09. The zero-order chi connectivity index (χ0) is 22.5. The van der Waals surface area contributed by atoms with Crippen LogP contribution in [0.5, 0.6) is 5.75 Å². The van der Waals surface area contributed by atoms with Gasteiger partial charge in [0.05, 0.1) is 12.8 Å². The first-order chi connectivity index (χ1) is 14.8. The van der Waals surface area contributed by atoms with E-state index in [9.17, 15) is 14.4 Å². The van der Waals surface area contributed by atoms with Crippen molar-refractivity contribution in [1.29, 1.82) is 0 Å². The Morgan fingerprint density at radius 2 is 1.77 bits per heavy atom. The Labute approximate surface area is 182 Å². The Morgan fingerprint density at radius 3 is 2.39 bits per heavy atom. The number of hydrogen-bond donors (Lipinski definition) is 2. The standard InChI is InChI=1S/C23H28N4O4/c1-15(2)17-5-8-19(9-6-17)27-12-11-26(23(27)30)14-22(29)25-20-13-18(24-16(3)28)7-10-21(20)31-4/h5-10,13,15H,11-12,14H2,1-4H3,(H,24,28)(H,25,29). The fourth-order valence-corrected chi connectivity index (χ4v) is 3.46. The number of nitrogens with zero attached hydrogens (tertiary/aromatic N) is 2. The lowest BCUT2D eigenvalue weighted by Crippen LogP contribution is -2.37. The van der Waals surface area contributed by atoms with Gasteiger partial charge in [-0.1, -0.05) is 26.0 Å². The molecule has 0 radical (unpaired) electrons. The van der Waals surface area contributed by atoms with Gasteiger partial charge in [0.1, 0.15) is 12.3 Å². The van der Waals surface area contributed by atoms with Gasteiger partial charge in [-0.3, -0.25) is 14.5 Å². The van der Waals surface area contributed by atoms with Crippen molar-refractivity contribution in [2.75, 3.05) is 42.3 Å². The molecule has 1 aliphatic heterocycles. The van der Waals surface area contributed by atoms with E-state index in [2.05, 4.69) is 24.5 Å². The van der Waals surface area contributed by atoms with Gasteiger partial charge in [0.2, 0.25) is 11.8 Å². The molecule has 0 aliphatic carbocycles. The van der Waals surface area contributed by atoms with Crippen molar-refractivity contribution < 1.29 is 19.1 Å². The van der Waals surface area contributed by atoms with Crippen molar-refractivity contribution >= 4 is 34.9 Å². The van der Waals surface area contributed by atoms with Crippen molar-refractivity contribution in [2.24, 2.45) is 0 Å². The van der Waals surface area contributed by atoms with Gasteiger partial charge in [0.25, 0.3) is 0 Å². The lowest BCUT2D eigenvalue weighted by atomic mass is 10.0. The molecule has 0 saturated carbocycles. The lowest BCUT2D eigenvalue weighted by Gasteiger charge is -2.19. The molecule has 1 fully saturated rings. The molecule has 1 saturated heterocycles. The minimum absolute atomic E-state index is 0.0765. The second-order valence-corrected chi connectivity index (χ2v) is 7.75. The summed E-state index contributed by atoms with van der Waals surface area (Å²) < 4.78 is 5.28. The minimum atomic E-state index is -0.344. The van der Waals surface area contributed by atoms with Crippen LogP contribution in [0.1, 0.15) is 32.3 Å². The zero-order valence-electron chi connectivity index (χ0n) is 18.3. The largest absolute Gasteiger partial charge is 0.495 e. The van der Waals surface area contributed by atoms with Crippen molar-refractivity contribution in [1.82, 2.24) is 4.90 Å². The highest BCUT2D eigenvalue weighted by atomic mass is 16.5. The normalized spacial score (nSPS) is 13.5. The Morgan fingerprint density at radius 1 is 1.06 bits per heavy atom. The van der Waals surface area contributed by atoms with Crippen molar-refractivity contribution in [3.8, 4) is 5.75 Å². The summed E-state index contributed by atoms with van der Waals surface area (Å²) in [7, 11) is 1.50. The SMILES string of the molecule is COc1ccc(NC(C)=O)cc1NC(=O)CN1CCN(c2ccc(C(C)C)cc2)C1=O. The number of rotatable bonds is 7. The van der Waals surface area contributed by atoms with E-state index in [0.717, 1.165) is 5.69 Å². The molecular formula is C23H28N4O4. The molecule has 3 rings (SSSR count). The van der Waals surface area contributed by atoms with Gasteiger partial charge in [0.15, 0.2) is 0 Å². The van der Waals surface area contributed by atoms with Gasteiger partial charge in [-0.2, -0.15) is 0 Å². The summed E-state index contributed by atoms with van der Waals surface area (Å²) in [5, 5.41) is 5.44. The second kappa shape index (κ2) is 9.51. The van der Waals surface area contributed by atoms with Crippen molar-refractivity contribution in [2.45, 2.75) is 26.7 Å². The predicted molar refractivity (Wildman–Crippen MR) is 121 cm³/mol. The third-order valence-corrected chi connectivity index (χ3v) is 5.09. The summed E-state index contributed by atoms with van der Waals surface area (Å²) >= 11 is 0. The smallest absolute Gasteiger partial charge is 0.325 e. The van der Waals surface area contributed by atoms with Crippen LogP contribution in [-0.2, 0) is 9.59 Å². The van der Waals surface area contributed by atoms with Crippen LogP contribution in [0.3, 0.4) is 0 Å². The number of anilines is 3. The number of urea groups is 1. The number of methoxy groups -OCH3 is 1. The Bertz CT molecular complexity index is 972. The summed E-state index contributed by atoms with van der Waals surface area (Å²) in [5.74, 6) is 0.321. The third kappa shape index (κ3) is 5.33. The molecule has 1 heterocycles. The first kappa shape index (κ1) is 22.1. The number of nitrogens with one attached hydrogen (secondary N) is 2. The maximum Gasteiger partial charge on any atom is 0.325 e. The molecule has 0 atom stereocenters. The molecule has 1 aliphatic rings. The average Bonchev–Trinajstić information content (AvgIpc) is 3.08. The number of ether oxygens (including phenoxy) is 1. The quantitative estimate of drug-likeness (QED) is 0.710. The van der Waals surface area contributed by atoms with Crippen LogP contribution in [-0.4, -0.2) is 49.5 Å². The van der Waals surface area contributed by atoms with Crippen LogP contribution in [0.25, 0.3) is 0 Å². The number of carbonyl (C=O) groups is 3. The molecule has 8 heteroatoms. The van der Waals surface area contributed by atoms with E-state index in [1.54, 1.807) is 23.1 Å². The van der Waals surface area contributed by atoms with E-state index in [-0.39, 0.29) is 24.4 Å². The van der Waals surface area contributed by atoms with E-state index in [0.29, 0.717) is 36.1 Å². The lowest BCUT2D eigenvalue weighted by molar-refractivity contribution is -0.116. The highest BCUT2D eigenvalue weighted by Gasteiger charge is 2.31. The van der Waals surface area contributed by atoms with Crippen LogP contribution in [0.15, 0.2) is 42.5 Å². The highest BCUT2D eigenvalue weighted by molar-refractivity contribution is 6.00. The molecule has 2 aromatic rings. The fraction of sp³-hybridized carbons (Fsp3) is 0.348. The van der Waals surface area contributed by atoms with Crippen LogP contribution in [0.4, 0.5) is 21.9 Å². The van der Waals surface area contributed by atoms with E-state index in [1.807, 2.05) is 24.3 Å². The summed E-state index contributed by atoms with van der Waals surface area (Å²) in [4.78, 5) is 39.9. The van der Waals surface area contributed by atoms with E-state index >= 15 is 0 Å². The summed E-state index contributed by atoms with van der Waals surface area (Å²) in [5.41, 5.74) is 2.99. The monoisotopic (exact) mass is 424 g/mol. The van der Waals surface area contributed by atoms with Gasteiger partial charge in [0, 0.05) is 31.4 Å². The zero-order valence-corrected chi connectivity index (χ0v) is 18.3. The molecule has 2 aromatic carbocycles. The number of carbonyl (C=O) groups excluding carboxylic acids is 3. The number of amides is 4. The van der Waals surface area contributed by atoms with Gasteiger partial charge in [-0.05, 0) is 41.8 Å². The predicted octanol–water partition coefficient (Wildman–Crippen LogP) is 3.66. The first-order valence-corrected chi connectivity index (χ1v) is 10.2. The fourth-order valence-electron chi connectivity index (χ4n) is 3.46. The molecule has 164 valence electrons. The second-order valence-electron chi connectivity index (χ2n) is 7.75. The molecule has 0 spiro atoms. The van der Waals surface area contributed by atoms with E-state index in [1.165, 1.54) is 24.5 Å². The Balaban J connectivity index is 1.65. The van der Waals surface area contributed by atoms with Gasteiger partial charge < -0.3 is 20.3 Å². The van der Waals surface area contributed by atoms with Crippen LogP contribution in [0, 0.1) is 0 Å². The maximum absolute atomic E-state index is 12.8. The maximum atomic E-state index is 12.8. The Hall–Kier alpha value is -3.55. The molecule has 0 bridgehead atoms. The molecular weight excluding hydrogens is 396 g/mol. The summed E-state index contributed by atoms with van der Waals surface area (Å²) in [6.45, 7) is 6.56. The molecule has 8 nitrogen and oxygen atoms in total. The molecule has 31 heavy (non-hydrogen) atoms. The molecule has 0 unspecified atom stereocenters. The molecule has 2 N–H and O–H groups in total. The van der Waals surface area contributed by atoms with Crippen LogP contribution in [0.2, 0.25) is 0 Å². The van der Waals surface area contributed by atoms with E-state index < -0.39 is 0 Å². The molecule has 4 amide bonds. The number of benzene rings is 2. The van der Waals surface area contributed by atoms with E-state index in [4.69, 9.17) is 4.74 Å². The topological polar surface area (TPSA) is 91.0 Å². The number of hydrogen-bond acceptors (Lipinski definition) is 4. The van der Waals surface area contributed by atoms with Crippen molar-refractivity contribution in [3.05, 3.63) is 48.0 Å².